The molecule has 2 saturated heterocycles. The predicted octanol–water partition coefficient (Wildman–Crippen LogP) is 6.53. The molecule has 13 heteroatoms. The fourth-order valence-electron chi connectivity index (χ4n) is 5.96. The lowest BCUT2D eigenvalue weighted by Crippen LogP contribution is -2.55. The van der Waals surface area contributed by atoms with E-state index in [0.717, 1.165) is 18.4 Å². The Morgan fingerprint density at radius 1 is 0.881 bits per heavy atom. The highest BCUT2D eigenvalue weighted by Crippen LogP contribution is 2.38. The topological polar surface area (TPSA) is 43.9 Å². The first kappa shape index (κ1) is 33.6. The van der Waals surface area contributed by atoms with Crippen molar-refractivity contribution >= 4 is 24.2 Å². The molecule has 2 amide bonds. The van der Waals surface area contributed by atoms with Gasteiger partial charge < -0.3 is 9.80 Å². The second-order valence-electron chi connectivity index (χ2n) is 10.9. The number of aryl methyl sites for hydroxylation is 1. The summed E-state index contributed by atoms with van der Waals surface area (Å²) in [5.41, 5.74) is -2.71. The third-order valence-electron chi connectivity index (χ3n) is 8.30. The van der Waals surface area contributed by atoms with E-state index in [9.17, 15) is 40.3 Å². The van der Waals surface area contributed by atoms with Gasteiger partial charge in [-0.15, -0.1) is 12.4 Å². The van der Waals surface area contributed by atoms with E-state index >= 15 is 0 Å². The normalized spacial score (nSPS) is 20.7. The molecule has 2 aromatic carbocycles. The molecule has 0 unspecified atom stereocenters. The van der Waals surface area contributed by atoms with E-state index in [1.807, 2.05) is 0 Å². The predicted molar refractivity (Wildman–Crippen MR) is 145 cm³/mol. The number of hydrogen-bond acceptors (Lipinski definition) is 3. The lowest BCUT2D eigenvalue weighted by molar-refractivity contribution is -0.143. The summed E-state index contributed by atoms with van der Waals surface area (Å²) in [6, 6.07) is 5.07. The van der Waals surface area contributed by atoms with Crippen LogP contribution in [0, 0.1) is 12.7 Å². The number of benzene rings is 2. The number of carbonyl (C=O) groups is 2. The Morgan fingerprint density at radius 3 is 1.95 bits per heavy atom. The molecule has 2 heterocycles. The number of piperidine rings is 2. The van der Waals surface area contributed by atoms with Gasteiger partial charge in [0, 0.05) is 63.7 Å². The van der Waals surface area contributed by atoms with Crippen LogP contribution in [0.1, 0.15) is 64.7 Å². The van der Waals surface area contributed by atoms with Crippen molar-refractivity contribution in [3.05, 3.63) is 70.0 Å². The minimum atomic E-state index is -5.08. The first-order valence-electron chi connectivity index (χ1n) is 13.4. The molecule has 2 aromatic rings. The third kappa shape index (κ3) is 7.37. The van der Waals surface area contributed by atoms with Crippen LogP contribution in [0.2, 0.25) is 0 Å². The van der Waals surface area contributed by atoms with E-state index in [-0.39, 0.29) is 36.3 Å². The maximum absolute atomic E-state index is 14.1. The zero-order valence-corrected chi connectivity index (χ0v) is 24.2. The zero-order chi connectivity index (χ0) is 30.3. The summed E-state index contributed by atoms with van der Waals surface area (Å²) in [4.78, 5) is 30.5. The van der Waals surface area contributed by atoms with Crippen molar-refractivity contribution < 1.29 is 40.3 Å². The molecule has 0 saturated carbocycles. The largest absolute Gasteiger partial charge is 0.416 e. The molecule has 0 aromatic heterocycles. The van der Waals surface area contributed by atoms with Gasteiger partial charge in [-0.3, -0.25) is 14.5 Å². The summed E-state index contributed by atoms with van der Waals surface area (Å²) < 4.78 is 94.8. The van der Waals surface area contributed by atoms with E-state index in [2.05, 4.69) is 4.90 Å². The number of alkyl halides is 6. The van der Waals surface area contributed by atoms with E-state index in [1.54, 1.807) is 24.0 Å². The van der Waals surface area contributed by atoms with Gasteiger partial charge in [0.2, 0.25) is 5.91 Å². The fraction of sp³-hybridized carbons (Fsp3) is 0.517. The molecular weight excluding hydrogens is 591 g/mol. The van der Waals surface area contributed by atoms with E-state index in [4.69, 9.17) is 0 Å². The smallest absolute Gasteiger partial charge is 0.343 e. The summed E-state index contributed by atoms with van der Waals surface area (Å²) in [5.74, 6) is -1.75. The quantitative estimate of drug-likeness (QED) is 0.364. The van der Waals surface area contributed by atoms with E-state index < -0.39 is 46.8 Å². The molecule has 0 bridgehead atoms. The van der Waals surface area contributed by atoms with Gasteiger partial charge in [-0.25, -0.2) is 4.39 Å². The lowest BCUT2D eigenvalue weighted by Gasteiger charge is -2.47. The van der Waals surface area contributed by atoms with Crippen LogP contribution >= 0.6 is 12.4 Å². The van der Waals surface area contributed by atoms with Crippen molar-refractivity contribution in [2.45, 2.75) is 63.5 Å². The van der Waals surface area contributed by atoms with Gasteiger partial charge in [-0.05, 0) is 61.6 Å². The summed E-state index contributed by atoms with van der Waals surface area (Å²) in [6.07, 6.45) is -8.25. The molecule has 0 spiro atoms. The highest BCUT2D eigenvalue weighted by molar-refractivity contribution is 5.95. The molecule has 2 aliphatic rings. The summed E-state index contributed by atoms with van der Waals surface area (Å²) in [5, 5.41) is 0. The first-order valence-corrected chi connectivity index (χ1v) is 13.4. The molecule has 42 heavy (non-hydrogen) atoms. The molecule has 4 rings (SSSR count). The third-order valence-corrected chi connectivity index (χ3v) is 8.30. The van der Waals surface area contributed by atoms with Crippen molar-refractivity contribution in [1.82, 2.24) is 14.7 Å². The van der Waals surface area contributed by atoms with Gasteiger partial charge in [0.25, 0.3) is 5.91 Å². The number of nitrogens with zero attached hydrogens (tertiary/aromatic N) is 3. The summed E-state index contributed by atoms with van der Waals surface area (Å²) in [6.45, 7) is 5.33. The van der Waals surface area contributed by atoms with Crippen molar-refractivity contribution in [3.8, 4) is 0 Å². The van der Waals surface area contributed by atoms with Gasteiger partial charge in [0.15, 0.2) is 0 Å². The molecule has 2 atom stereocenters. The standard InChI is InChI=1S/C29H32F7N3O2.ClH/c1-17-12-19(4-5-25(17)30)24-16-39(23-6-9-38(10-7-23)18(2)40)11-8-26(24)37(3)27(41)20-13-21(28(31,32)33)15-22(14-20)29(34,35)36;/h4-5,12-15,23-24,26H,6-11,16H2,1-3H3;1H/t24-,26+;/m0./s1. The summed E-state index contributed by atoms with van der Waals surface area (Å²) in [7, 11) is 1.38. The highest BCUT2D eigenvalue weighted by atomic mass is 35.5. The van der Waals surface area contributed by atoms with Crippen LogP contribution in [0.3, 0.4) is 0 Å². The van der Waals surface area contributed by atoms with Crippen molar-refractivity contribution in [1.29, 1.82) is 0 Å². The average molecular weight is 624 g/mol. The van der Waals surface area contributed by atoms with Crippen molar-refractivity contribution in [3.63, 3.8) is 0 Å². The Labute approximate surface area is 246 Å². The molecule has 0 aliphatic carbocycles. The molecule has 2 aliphatic heterocycles. The SMILES string of the molecule is CC(=O)N1CCC(N2CC[C@@H](N(C)C(=O)c3cc(C(F)(F)F)cc(C(F)(F)F)c3)[C@H](c3ccc(F)c(C)c3)C2)CC1.Cl. The molecule has 2 fully saturated rings. The monoisotopic (exact) mass is 623 g/mol. The van der Waals surface area contributed by atoms with Gasteiger partial charge >= 0.3 is 12.4 Å². The molecule has 232 valence electrons. The summed E-state index contributed by atoms with van der Waals surface area (Å²) >= 11 is 0. The van der Waals surface area contributed by atoms with Crippen LogP contribution < -0.4 is 0 Å². The second kappa shape index (κ2) is 12.8. The van der Waals surface area contributed by atoms with Crippen LogP contribution in [-0.4, -0.2) is 71.8 Å². The minimum absolute atomic E-state index is 0. The zero-order valence-electron chi connectivity index (χ0n) is 23.4. The van der Waals surface area contributed by atoms with Crippen LogP contribution in [-0.2, 0) is 17.1 Å². The number of likely N-dealkylation sites (N-methyl/N-ethyl adjacent to an activating group) is 1. The Kier molecular flexibility index (Phi) is 10.2. The van der Waals surface area contributed by atoms with E-state index in [0.29, 0.717) is 50.3 Å². The van der Waals surface area contributed by atoms with Crippen molar-refractivity contribution in [2.75, 3.05) is 33.2 Å². The number of amides is 2. The second-order valence-corrected chi connectivity index (χ2v) is 10.9. The average Bonchev–Trinajstić information content (AvgIpc) is 2.92. The van der Waals surface area contributed by atoms with Crippen LogP contribution in [0.15, 0.2) is 36.4 Å². The molecule has 0 radical (unpaired) electrons. The molecular formula is C29H33ClF7N3O2. The fourth-order valence-corrected chi connectivity index (χ4v) is 5.96. The highest BCUT2D eigenvalue weighted by Gasteiger charge is 2.41. The van der Waals surface area contributed by atoms with Gasteiger partial charge in [-0.1, -0.05) is 12.1 Å². The van der Waals surface area contributed by atoms with Gasteiger partial charge in [0.05, 0.1) is 11.1 Å². The molecule has 5 nitrogen and oxygen atoms in total. The van der Waals surface area contributed by atoms with Gasteiger partial charge in [-0.2, -0.15) is 26.3 Å². The Morgan fingerprint density at radius 2 is 1.45 bits per heavy atom. The Hall–Kier alpha value is -2.86. The maximum Gasteiger partial charge on any atom is 0.416 e. The number of likely N-dealkylation sites (tertiary alicyclic amines) is 2. The van der Waals surface area contributed by atoms with Crippen LogP contribution in [0.4, 0.5) is 30.7 Å². The maximum atomic E-state index is 14.1. The van der Waals surface area contributed by atoms with Crippen LogP contribution in [0.25, 0.3) is 0 Å². The first-order chi connectivity index (χ1) is 19.1. The number of carbonyl (C=O) groups excluding carboxylic acids is 2. The van der Waals surface area contributed by atoms with Gasteiger partial charge in [0.1, 0.15) is 5.82 Å². The number of hydrogen-bond donors (Lipinski definition) is 0. The Balaban J connectivity index is 0.00000484. The van der Waals surface area contributed by atoms with Crippen LogP contribution in [0.5, 0.6) is 0 Å². The molecule has 0 N–H and O–H groups in total. The minimum Gasteiger partial charge on any atom is -0.343 e. The number of halogens is 8. The Bertz CT molecular complexity index is 1260. The van der Waals surface area contributed by atoms with E-state index in [1.165, 1.54) is 24.9 Å². The lowest BCUT2D eigenvalue weighted by atomic mass is 9.83. The number of rotatable bonds is 4. The van der Waals surface area contributed by atoms with Crippen molar-refractivity contribution in [2.24, 2.45) is 0 Å².